The molecule has 5 heteroatoms. The van der Waals surface area contributed by atoms with Crippen molar-refractivity contribution in [2.75, 3.05) is 0 Å². The molecule has 0 unspecified atom stereocenters. The topological polar surface area (TPSA) is 43.9 Å². The molecule has 0 fully saturated rings. The van der Waals surface area contributed by atoms with Crippen LogP contribution in [0.2, 0.25) is 0 Å². The zero-order valence-corrected chi connectivity index (χ0v) is 29.1. The Morgan fingerprint density at radius 1 is 0.453 bits per heavy atom. The molecule has 0 aliphatic carbocycles. The zero-order valence-electron chi connectivity index (χ0n) is 28.2. The van der Waals surface area contributed by atoms with E-state index in [1.54, 1.807) is 11.3 Å². The molecule has 246 valence electrons. The minimum absolute atomic E-state index is 0.636. The van der Waals surface area contributed by atoms with Gasteiger partial charge in [-0.1, -0.05) is 127 Å². The van der Waals surface area contributed by atoms with Crippen LogP contribution in [0.15, 0.2) is 168 Å². The summed E-state index contributed by atoms with van der Waals surface area (Å²) >= 11 is 1.75. The van der Waals surface area contributed by atoms with Crippen molar-refractivity contribution in [3.05, 3.63) is 164 Å². The monoisotopic (exact) mass is 693 g/mol. The van der Waals surface area contributed by atoms with E-state index in [1.807, 2.05) is 0 Å². The standard InChI is InChI=1S/C48H27N3OS/c1-2-12-30(13-3-1)44-47-45(37-16-8-9-17-43(37)53-47)50-48(49-44)51-40-25-33(32-19-18-28-10-4-5-14-31(28)24-32)21-22-35(40)38-26-39-36-23-20-29-11-6-7-15-34(29)46(36)52-42(39)27-41(38)51/h1-27H. The van der Waals surface area contributed by atoms with Gasteiger partial charge >= 0.3 is 0 Å². The number of thiophene rings is 1. The van der Waals surface area contributed by atoms with Crippen LogP contribution in [0.4, 0.5) is 0 Å². The van der Waals surface area contributed by atoms with Crippen molar-refractivity contribution >= 4 is 96.9 Å². The molecule has 0 atom stereocenters. The van der Waals surface area contributed by atoms with Crippen LogP contribution < -0.4 is 0 Å². The zero-order chi connectivity index (χ0) is 34.6. The van der Waals surface area contributed by atoms with Gasteiger partial charge in [0.05, 0.1) is 26.9 Å². The number of hydrogen-bond acceptors (Lipinski definition) is 4. The molecular weight excluding hydrogens is 667 g/mol. The van der Waals surface area contributed by atoms with E-state index in [1.165, 1.54) is 21.0 Å². The molecule has 53 heavy (non-hydrogen) atoms. The lowest BCUT2D eigenvalue weighted by molar-refractivity contribution is 0.673. The van der Waals surface area contributed by atoms with Crippen molar-refractivity contribution in [2.45, 2.75) is 0 Å². The summed E-state index contributed by atoms with van der Waals surface area (Å²) in [6, 6.07) is 58.4. The van der Waals surface area contributed by atoms with Crippen LogP contribution in [0.5, 0.6) is 0 Å². The van der Waals surface area contributed by atoms with Crippen LogP contribution in [-0.2, 0) is 0 Å². The maximum Gasteiger partial charge on any atom is 0.235 e. The van der Waals surface area contributed by atoms with Gasteiger partial charge in [-0.25, -0.2) is 9.97 Å². The third-order valence-electron chi connectivity index (χ3n) is 10.8. The van der Waals surface area contributed by atoms with Gasteiger partial charge in [-0.2, -0.15) is 0 Å². The van der Waals surface area contributed by atoms with Gasteiger partial charge in [-0.05, 0) is 57.6 Å². The third-order valence-corrected chi connectivity index (χ3v) is 12.0. The maximum absolute atomic E-state index is 6.75. The Balaban J connectivity index is 1.21. The first-order valence-electron chi connectivity index (χ1n) is 17.8. The Morgan fingerprint density at radius 2 is 1.15 bits per heavy atom. The second kappa shape index (κ2) is 10.8. The third kappa shape index (κ3) is 4.23. The highest BCUT2D eigenvalue weighted by molar-refractivity contribution is 7.26. The lowest BCUT2D eigenvalue weighted by atomic mass is 10.00. The highest BCUT2D eigenvalue weighted by atomic mass is 32.1. The number of nitrogens with zero attached hydrogens (tertiary/aromatic N) is 3. The molecule has 0 amide bonds. The second-order valence-electron chi connectivity index (χ2n) is 13.8. The van der Waals surface area contributed by atoms with Crippen LogP contribution in [0.25, 0.3) is 114 Å². The predicted molar refractivity (Wildman–Crippen MR) is 222 cm³/mol. The number of fused-ring (bicyclic) bond motifs is 12. The van der Waals surface area contributed by atoms with Gasteiger partial charge in [-0.15, -0.1) is 11.3 Å². The van der Waals surface area contributed by atoms with E-state index in [4.69, 9.17) is 14.4 Å². The summed E-state index contributed by atoms with van der Waals surface area (Å²) in [5.74, 6) is 0.636. The summed E-state index contributed by atoms with van der Waals surface area (Å²) in [4.78, 5) is 10.9. The van der Waals surface area contributed by atoms with E-state index in [0.717, 1.165) is 86.9 Å². The smallest absolute Gasteiger partial charge is 0.235 e. The van der Waals surface area contributed by atoms with Crippen molar-refractivity contribution in [1.82, 2.24) is 14.5 Å². The van der Waals surface area contributed by atoms with Crippen molar-refractivity contribution < 1.29 is 4.42 Å². The SMILES string of the molecule is c1ccc(-c2nc(-n3c4cc(-c5ccc6ccccc6c5)ccc4c4cc5c(cc43)oc3c4ccccc4ccc53)nc3c2sc2ccccc23)cc1. The average molecular weight is 694 g/mol. The van der Waals surface area contributed by atoms with Crippen molar-refractivity contribution in [3.8, 4) is 28.3 Å². The Hall–Kier alpha value is -6.82. The first kappa shape index (κ1) is 28.8. The van der Waals surface area contributed by atoms with E-state index in [2.05, 4.69) is 168 Å². The molecule has 0 N–H and O–H groups in total. The van der Waals surface area contributed by atoms with Gasteiger partial charge in [0.25, 0.3) is 0 Å². The number of furan rings is 1. The fourth-order valence-corrected chi connectivity index (χ4v) is 9.40. The Labute approximate surface area is 306 Å². The van der Waals surface area contributed by atoms with Gasteiger partial charge in [0.15, 0.2) is 0 Å². The Morgan fingerprint density at radius 3 is 2.06 bits per heavy atom. The second-order valence-corrected chi connectivity index (χ2v) is 14.8. The van der Waals surface area contributed by atoms with Crippen LogP contribution in [0.3, 0.4) is 0 Å². The highest BCUT2D eigenvalue weighted by Gasteiger charge is 2.22. The Kier molecular flexibility index (Phi) is 5.90. The molecule has 12 aromatic rings. The lowest BCUT2D eigenvalue weighted by Crippen LogP contribution is -2.02. The number of benzene rings is 8. The summed E-state index contributed by atoms with van der Waals surface area (Å²) in [5, 5.41) is 10.3. The van der Waals surface area contributed by atoms with Crippen LogP contribution >= 0.6 is 11.3 Å². The van der Waals surface area contributed by atoms with Crippen LogP contribution in [0.1, 0.15) is 0 Å². The van der Waals surface area contributed by atoms with E-state index in [0.29, 0.717) is 5.95 Å². The quantitative estimate of drug-likeness (QED) is 0.185. The summed E-state index contributed by atoms with van der Waals surface area (Å²) in [7, 11) is 0. The normalized spacial score (nSPS) is 12.2. The van der Waals surface area contributed by atoms with Crippen molar-refractivity contribution in [2.24, 2.45) is 0 Å². The van der Waals surface area contributed by atoms with E-state index >= 15 is 0 Å². The predicted octanol–water partition coefficient (Wildman–Crippen LogP) is 13.5. The molecule has 0 radical (unpaired) electrons. The molecule has 0 aliphatic heterocycles. The highest BCUT2D eigenvalue weighted by Crippen LogP contribution is 2.43. The van der Waals surface area contributed by atoms with Gasteiger partial charge < -0.3 is 4.42 Å². The number of rotatable bonds is 3. The van der Waals surface area contributed by atoms with Gasteiger partial charge in [0, 0.05) is 48.6 Å². The first-order valence-corrected chi connectivity index (χ1v) is 18.6. The van der Waals surface area contributed by atoms with Gasteiger partial charge in [0.1, 0.15) is 11.2 Å². The van der Waals surface area contributed by atoms with Gasteiger partial charge in [0.2, 0.25) is 5.95 Å². The average Bonchev–Trinajstić information content (AvgIpc) is 3.88. The van der Waals surface area contributed by atoms with Crippen LogP contribution in [0, 0.1) is 0 Å². The Bertz CT molecular complexity index is 3460. The summed E-state index contributed by atoms with van der Waals surface area (Å²) < 4.78 is 11.3. The van der Waals surface area contributed by atoms with Crippen molar-refractivity contribution in [1.29, 1.82) is 0 Å². The molecule has 8 aromatic carbocycles. The molecule has 0 saturated carbocycles. The number of aromatic nitrogens is 3. The molecule has 4 aromatic heterocycles. The molecule has 12 rings (SSSR count). The van der Waals surface area contributed by atoms with Gasteiger partial charge in [-0.3, -0.25) is 4.57 Å². The maximum atomic E-state index is 6.75. The van der Waals surface area contributed by atoms with E-state index in [9.17, 15) is 0 Å². The van der Waals surface area contributed by atoms with E-state index < -0.39 is 0 Å². The molecule has 4 heterocycles. The fourth-order valence-electron chi connectivity index (χ4n) is 8.25. The van der Waals surface area contributed by atoms with Crippen molar-refractivity contribution in [3.63, 3.8) is 0 Å². The first-order chi connectivity index (χ1) is 26.2. The van der Waals surface area contributed by atoms with E-state index in [-0.39, 0.29) is 0 Å². The number of hydrogen-bond donors (Lipinski definition) is 0. The fraction of sp³-hybridized carbons (Fsp3) is 0. The summed E-state index contributed by atoms with van der Waals surface area (Å²) in [5.41, 5.74) is 9.07. The summed E-state index contributed by atoms with van der Waals surface area (Å²) in [6.45, 7) is 0. The summed E-state index contributed by atoms with van der Waals surface area (Å²) in [6.07, 6.45) is 0. The molecule has 4 nitrogen and oxygen atoms in total. The molecule has 0 aliphatic rings. The minimum atomic E-state index is 0.636. The van der Waals surface area contributed by atoms with Crippen LogP contribution in [-0.4, -0.2) is 14.5 Å². The minimum Gasteiger partial charge on any atom is -0.455 e. The molecular formula is C48H27N3OS. The molecule has 0 spiro atoms. The molecule has 0 bridgehead atoms. The lowest BCUT2D eigenvalue weighted by Gasteiger charge is -2.11. The largest absolute Gasteiger partial charge is 0.455 e. The molecule has 0 saturated heterocycles.